The van der Waals surface area contributed by atoms with E-state index in [0.29, 0.717) is 17.4 Å². The summed E-state index contributed by atoms with van der Waals surface area (Å²) in [4.78, 5) is 0. The molecule has 2 nitrogen and oxygen atoms in total. The highest BCUT2D eigenvalue weighted by Gasteiger charge is 2.49. The highest BCUT2D eigenvalue weighted by atomic mass is 15.2. The molecule has 1 aromatic rings. The highest BCUT2D eigenvalue weighted by Crippen LogP contribution is 2.53. The van der Waals surface area contributed by atoms with Crippen LogP contribution in [0.15, 0.2) is 18.2 Å². The van der Waals surface area contributed by atoms with Crippen molar-refractivity contribution in [2.45, 2.75) is 46.6 Å². The van der Waals surface area contributed by atoms with Crippen molar-refractivity contribution in [1.29, 1.82) is 0 Å². The number of nitrogens with one attached hydrogen (secondary N) is 1. The summed E-state index contributed by atoms with van der Waals surface area (Å²) in [5.74, 6) is 6.42. The van der Waals surface area contributed by atoms with Gasteiger partial charge in [0.05, 0.1) is 0 Å². The summed E-state index contributed by atoms with van der Waals surface area (Å²) in [5.41, 5.74) is 7.55. The molecule has 2 atom stereocenters. The summed E-state index contributed by atoms with van der Waals surface area (Å²) >= 11 is 0. The van der Waals surface area contributed by atoms with E-state index in [9.17, 15) is 0 Å². The average Bonchev–Trinajstić information content (AvgIpc) is 2.82. The number of benzene rings is 1. The molecule has 94 valence electrons. The minimum atomic E-state index is 0.409. The van der Waals surface area contributed by atoms with Crippen molar-refractivity contribution in [1.82, 2.24) is 5.43 Å². The van der Waals surface area contributed by atoms with Gasteiger partial charge < -0.3 is 0 Å². The van der Waals surface area contributed by atoms with Gasteiger partial charge >= 0.3 is 0 Å². The number of nitrogens with two attached hydrogens (primary N) is 1. The molecule has 3 N–H and O–H groups in total. The topological polar surface area (TPSA) is 38.0 Å². The van der Waals surface area contributed by atoms with Gasteiger partial charge in [0, 0.05) is 6.04 Å². The molecule has 0 saturated heterocycles. The Labute approximate surface area is 105 Å². The SMILES string of the molecule is Cc1cc(C)cc(CC(NN)C2CC2(C)C)c1. The minimum absolute atomic E-state index is 0.409. The van der Waals surface area contributed by atoms with Gasteiger partial charge in [-0.15, -0.1) is 0 Å². The number of rotatable bonds is 4. The van der Waals surface area contributed by atoms with Crippen LogP contribution in [0.4, 0.5) is 0 Å². The van der Waals surface area contributed by atoms with Crippen molar-refractivity contribution in [2.75, 3.05) is 0 Å². The Bertz CT molecular complexity index is 389. The van der Waals surface area contributed by atoms with Gasteiger partial charge in [-0.25, -0.2) is 0 Å². The van der Waals surface area contributed by atoms with Crippen LogP contribution in [0.5, 0.6) is 0 Å². The highest BCUT2D eigenvalue weighted by molar-refractivity contribution is 5.29. The second-order valence-corrected chi connectivity index (χ2v) is 6.27. The molecule has 2 unspecified atom stereocenters. The summed E-state index contributed by atoms with van der Waals surface area (Å²) in [7, 11) is 0. The van der Waals surface area contributed by atoms with E-state index < -0.39 is 0 Å². The Morgan fingerprint density at radius 3 is 2.24 bits per heavy atom. The largest absolute Gasteiger partial charge is 0.271 e. The number of hydrogen-bond donors (Lipinski definition) is 2. The van der Waals surface area contributed by atoms with Crippen molar-refractivity contribution in [3.05, 3.63) is 34.9 Å². The third-order valence-corrected chi connectivity index (χ3v) is 4.03. The fraction of sp³-hybridized carbons (Fsp3) is 0.600. The molecule has 0 bridgehead atoms. The van der Waals surface area contributed by atoms with Crippen LogP contribution >= 0.6 is 0 Å². The Kier molecular flexibility index (Phi) is 3.28. The lowest BCUT2D eigenvalue weighted by Gasteiger charge is -2.18. The summed E-state index contributed by atoms with van der Waals surface area (Å²) in [6, 6.07) is 7.17. The van der Waals surface area contributed by atoms with Gasteiger partial charge in [-0.05, 0) is 43.6 Å². The number of hydrazine groups is 1. The summed E-state index contributed by atoms with van der Waals surface area (Å²) in [5, 5.41) is 0. The van der Waals surface area contributed by atoms with Crippen molar-refractivity contribution in [3.8, 4) is 0 Å². The van der Waals surface area contributed by atoms with E-state index in [1.165, 1.54) is 23.1 Å². The van der Waals surface area contributed by atoms with Gasteiger partial charge in [0.1, 0.15) is 0 Å². The summed E-state index contributed by atoms with van der Waals surface area (Å²) in [6.45, 7) is 8.96. The lowest BCUT2D eigenvalue weighted by molar-refractivity contribution is 0.408. The molecule has 0 spiro atoms. The standard InChI is InChI=1S/C15H24N2/c1-10-5-11(2)7-12(6-10)8-14(17-16)13-9-15(13,3)4/h5-7,13-14,17H,8-9,16H2,1-4H3. The molecule has 0 radical (unpaired) electrons. The van der Waals surface area contributed by atoms with E-state index in [4.69, 9.17) is 5.84 Å². The predicted octanol–water partition coefficient (Wildman–Crippen LogP) is 2.72. The zero-order chi connectivity index (χ0) is 12.6. The Morgan fingerprint density at radius 2 is 1.82 bits per heavy atom. The normalized spacial score (nSPS) is 23.5. The van der Waals surface area contributed by atoms with Gasteiger partial charge in [0.25, 0.3) is 0 Å². The molecular weight excluding hydrogens is 208 g/mol. The first kappa shape index (κ1) is 12.6. The molecule has 2 heteroatoms. The molecule has 1 aromatic carbocycles. The van der Waals surface area contributed by atoms with Gasteiger partial charge in [-0.3, -0.25) is 11.3 Å². The van der Waals surface area contributed by atoms with E-state index in [0.717, 1.165) is 6.42 Å². The van der Waals surface area contributed by atoms with E-state index in [2.05, 4.69) is 51.3 Å². The second kappa shape index (κ2) is 4.43. The monoisotopic (exact) mass is 232 g/mol. The third kappa shape index (κ3) is 2.88. The van der Waals surface area contributed by atoms with E-state index in [-0.39, 0.29) is 0 Å². The first-order valence-electron chi connectivity index (χ1n) is 6.46. The fourth-order valence-corrected chi connectivity index (χ4v) is 2.95. The Hall–Kier alpha value is -0.860. The first-order valence-corrected chi connectivity index (χ1v) is 6.46. The second-order valence-electron chi connectivity index (χ2n) is 6.27. The predicted molar refractivity (Wildman–Crippen MR) is 72.6 cm³/mol. The molecule has 1 aliphatic rings. The van der Waals surface area contributed by atoms with Crippen molar-refractivity contribution in [2.24, 2.45) is 17.2 Å². The molecule has 1 aliphatic carbocycles. The van der Waals surface area contributed by atoms with Crippen LogP contribution in [0.3, 0.4) is 0 Å². The van der Waals surface area contributed by atoms with Crippen LogP contribution in [0, 0.1) is 25.2 Å². The molecule has 0 amide bonds. The molecule has 0 aliphatic heterocycles. The minimum Gasteiger partial charge on any atom is -0.271 e. The lowest BCUT2D eigenvalue weighted by Crippen LogP contribution is -2.39. The van der Waals surface area contributed by atoms with Crippen LogP contribution in [-0.4, -0.2) is 6.04 Å². The lowest BCUT2D eigenvalue weighted by atomic mass is 9.96. The van der Waals surface area contributed by atoms with Gasteiger partial charge in [-0.1, -0.05) is 43.2 Å². The maximum absolute atomic E-state index is 5.71. The number of aryl methyl sites for hydroxylation is 2. The van der Waals surface area contributed by atoms with Gasteiger partial charge in [0.15, 0.2) is 0 Å². The van der Waals surface area contributed by atoms with E-state index >= 15 is 0 Å². The maximum Gasteiger partial charge on any atom is 0.0284 e. The van der Waals surface area contributed by atoms with Crippen LogP contribution in [0.2, 0.25) is 0 Å². The van der Waals surface area contributed by atoms with Crippen LogP contribution in [0.1, 0.15) is 37.0 Å². The zero-order valence-electron chi connectivity index (χ0n) is 11.4. The quantitative estimate of drug-likeness (QED) is 0.619. The van der Waals surface area contributed by atoms with Crippen LogP contribution in [-0.2, 0) is 6.42 Å². The molecule has 1 saturated carbocycles. The van der Waals surface area contributed by atoms with Gasteiger partial charge in [0.2, 0.25) is 0 Å². The Morgan fingerprint density at radius 1 is 1.29 bits per heavy atom. The average molecular weight is 232 g/mol. The summed E-state index contributed by atoms with van der Waals surface area (Å²) < 4.78 is 0. The fourth-order valence-electron chi connectivity index (χ4n) is 2.95. The summed E-state index contributed by atoms with van der Waals surface area (Å²) in [6.07, 6.45) is 2.32. The third-order valence-electron chi connectivity index (χ3n) is 4.03. The first-order chi connectivity index (χ1) is 7.92. The molecule has 17 heavy (non-hydrogen) atoms. The van der Waals surface area contributed by atoms with Crippen molar-refractivity contribution < 1.29 is 0 Å². The van der Waals surface area contributed by atoms with Crippen molar-refractivity contribution >= 4 is 0 Å². The molecule has 0 aromatic heterocycles. The van der Waals surface area contributed by atoms with E-state index in [1.807, 2.05) is 0 Å². The van der Waals surface area contributed by atoms with Gasteiger partial charge in [-0.2, -0.15) is 0 Å². The molecular formula is C15H24N2. The van der Waals surface area contributed by atoms with Crippen molar-refractivity contribution in [3.63, 3.8) is 0 Å². The van der Waals surface area contributed by atoms with E-state index in [1.54, 1.807) is 0 Å². The smallest absolute Gasteiger partial charge is 0.0284 e. The zero-order valence-corrected chi connectivity index (χ0v) is 11.4. The Balaban J connectivity index is 2.08. The molecule has 1 fully saturated rings. The molecule has 2 rings (SSSR count). The number of hydrogen-bond acceptors (Lipinski definition) is 2. The maximum atomic E-state index is 5.71. The molecule has 0 heterocycles. The van der Waals surface area contributed by atoms with Crippen LogP contribution < -0.4 is 11.3 Å². The van der Waals surface area contributed by atoms with Crippen LogP contribution in [0.25, 0.3) is 0 Å².